The summed E-state index contributed by atoms with van der Waals surface area (Å²) in [5.41, 5.74) is 3.40. The molecule has 1 aromatic heterocycles. The van der Waals surface area contributed by atoms with Gasteiger partial charge in [-0.05, 0) is 42.8 Å². The molecule has 0 spiro atoms. The number of fused-ring (bicyclic) bond motifs is 3. The van der Waals surface area contributed by atoms with Gasteiger partial charge in [0.2, 0.25) is 11.8 Å². The second-order valence-corrected chi connectivity index (χ2v) is 10.4. The summed E-state index contributed by atoms with van der Waals surface area (Å²) in [5, 5.41) is 9.48. The van der Waals surface area contributed by atoms with E-state index >= 15 is 0 Å². The number of hydrogen-bond acceptors (Lipinski definition) is 6. The van der Waals surface area contributed by atoms with Crippen LogP contribution in [0.25, 0.3) is 5.69 Å². The quantitative estimate of drug-likeness (QED) is 0.402. The SMILES string of the molecule is COc1cccc([C@H]2O[C@H](CCC(=O)N3CCN(CCC(=O)O)C(=O)C3)c3cccn3-c3ccc(Cl)cc32)c1OC. The van der Waals surface area contributed by atoms with Gasteiger partial charge in [0.1, 0.15) is 6.10 Å². The number of aromatic nitrogens is 1. The van der Waals surface area contributed by atoms with Gasteiger partial charge in [0, 0.05) is 48.4 Å². The summed E-state index contributed by atoms with van der Waals surface area (Å²) in [6, 6.07) is 15.2. The van der Waals surface area contributed by atoms with Gasteiger partial charge in [-0.2, -0.15) is 0 Å². The molecule has 2 amide bonds. The zero-order valence-corrected chi connectivity index (χ0v) is 23.7. The first-order valence-corrected chi connectivity index (χ1v) is 13.8. The maximum Gasteiger partial charge on any atom is 0.305 e. The largest absolute Gasteiger partial charge is 0.493 e. The second-order valence-electron chi connectivity index (χ2n) is 9.97. The van der Waals surface area contributed by atoms with Gasteiger partial charge in [-0.1, -0.05) is 23.7 Å². The molecule has 2 aromatic carbocycles. The van der Waals surface area contributed by atoms with Gasteiger partial charge in [0.05, 0.1) is 44.7 Å². The zero-order valence-electron chi connectivity index (χ0n) is 22.9. The number of methoxy groups -OCH3 is 2. The van der Waals surface area contributed by atoms with Crippen molar-refractivity contribution in [2.75, 3.05) is 40.4 Å². The molecule has 2 aliphatic rings. The molecule has 5 rings (SSSR count). The predicted molar refractivity (Wildman–Crippen MR) is 151 cm³/mol. The molecule has 3 aromatic rings. The standard InChI is InChI=1S/C30H32ClN3O7/c1-39-25-7-3-5-20(30(25)40-2)29-21-17-19(31)8-9-22(21)34-13-4-6-23(34)24(41-29)10-11-26(35)33-16-15-32(27(36)18-33)14-12-28(37)38/h3-9,13,17,24,29H,10-12,14-16,18H2,1-2H3,(H,37,38)/t24-,29-/m1/s1. The molecule has 0 saturated carbocycles. The van der Waals surface area contributed by atoms with E-state index in [2.05, 4.69) is 4.57 Å². The van der Waals surface area contributed by atoms with Crippen LogP contribution in [0.3, 0.4) is 0 Å². The number of halogens is 1. The fourth-order valence-corrected chi connectivity index (χ4v) is 5.69. The van der Waals surface area contributed by atoms with Crippen LogP contribution in [0, 0.1) is 0 Å². The van der Waals surface area contributed by atoms with E-state index in [9.17, 15) is 14.4 Å². The lowest BCUT2D eigenvalue weighted by atomic mass is 9.98. The molecule has 2 atom stereocenters. The number of carboxylic acid groups (broad SMARTS) is 1. The minimum atomic E-state index is -0.959. The Kier molecular flexibility index (Phi) is 8.51. The number of nitrogens with zero attached hydrogens (tertiary/aromatic N) is 3. The van der Waals surface area contributed by atoms with E-state index in [4.69, 9.17) is 30.9 Å². The topological polar surface area (TPSA) is 111 Å². The highest BCUT2D eigenvalue weighted by atomic mass is 35.5. The summed E-state index contributed by atoms with van der Waals surface area (Å²) in [5.74, 6) is -0.244. The number of carbonyl (C=O) groups excluding carboxylic acids is 2. The van der Waals surface area contributed by atoms with E-state index in [0.717, 1.165) is 22.5 Å². The number of benzene rings is 2. The summed E-state index contributed by atoms with van der Waals surface area (Å²) < 4.78 is 20.2. The summed E-state index contributed by atoms with van der Waals surface area (Å²) in [6.45, 7) is 0.755. The number of amides is 2. The van der Waals surface area contributed by atoms with Crippen molar-refractivity contribution in [3.05, 3.63) is 76.6 Å². The maximum absolute atomic E-state index is 13.2. The summed E-state index contributed by atoms with van der Waals surface area (Å²) in [4.78, 5) is 39.7. The van der Waals surface area contributed by atoms with E-state index in [1.54, 1.807) is 14.2 Å². The molecule has 0 unspecified atom stereocenters. The molecule has 1 saturated heterocycles. The molecule has 3 heterocycles. The van der Waals surface area contributed by atoms with Crippen LogP contribution in [-0.4, -0.2) is 77.7 Å². The van der Waals surface area contributed by atoms with E-state index in [1.165, 1.54) is 9.80 Å². The number of carboxylic acids is 1. The number of piperazine rings is 1. The van der Waals surface area contributed by atoms with Crippen molar-refractivity contribution >= 4 is 29.4 Å². The van der Waals surface area contributed by atoms with Gasteiger partial charge in [-0.3, -0.25) is 14.4 Å². The van der Waals surface area contributed by atoms with Crippen LogP contribution in [-0.2, 0) is 19.1 Å². The van der Waals surface area contributed by atoms with Crippen LogP contribution in [0.2, 0.25) is 5.02 Å². The van der Waals surface area contributed by atoms with Gasteiger partial charge < -0.3 is 33.7 Å². The van der Waals surface area contributed by atoms with Crippen LogP contribution in [0.1, 0.15) is 48.3 Å². The third-order valence-corrected chi connectivity index (χ3v) is 7.78. The van der Waals surface area contributed by atoms with Gasteiger partial charge >= 0.3 is 5.97 Å². The Hall–Kier alpha value is -4.02. The first kappa shape index (κ1) is 28.5. The van der Waals surface area contributed by atoms with E-state index < -0.39 is 18.2 Å². The third-order valence-electron chi connectivity index (χ3n) is 7.55. The molecule has 0 aliphatic carbocycles. The van der Waals surface area contributed by atoms with Crippen molar-refractivity contribution in [2.24, 2.45) is 0 Å². The lowest BCUT2D eigenvalue weighted by molar-refractivity contribution is -0.147. The monoisotopic (exact) mass is 581 g/mol. The number of para-hydroxylation sites is 1. The smallest absolute Gasteiger partial charge is 0.305 e. The Bertz CT molecular complexity index is 1460. The first-order chi connectivity index (χ1) is 19.8. The second kappa shape index (κ2) is 12.2. The summed E-state index contributed by atoms with van der Waals surface area (Å²) in [6.07, 6.45) is 1.34. The number of rotatable bonds is 9. The van der Waals surface area contributed by atoms with Crippen LogP contribution < -0.4 is 9.47 Å². The minimum Gasteiger partial charge on any atom is -0.493 e. The predicted octanol–water partition coefficient (Wildman–Crippen LogP) is 4.23. The first-order valence-electron chi connectivity index (χ1n) is 13.4. The lowest BCUT2D eigenvalue weighted by Crippen LogP contribution is -2.52. The van der Waals surface area contributed by atoms with E-state index in [-0.39, 0.29) is 37.7 Å². The highest BCUT2D eigenvalue weighted by Crippen LogP contribution is 2.46. The van der Waals surface area contributed by atoms with Crippen molar-refractivity contribution in [1.82, 2.24) is 14.4 Å². The Morgan fingerprint density at radius 3 is 2.61 bits per heavy atom. The van der Waals surface area contributed by atoms with Gasteiger partial charge in [-0.25, -0.2) is 0 Å². The lowest BCUT2D eigenvalue weighted by Gasteiger charge is -2.34. The molecule has 216 valence electrons. The number of carbonyl (C=O) groups is 3. The maximum atomic E-state index is 13.2. The number of hydrogen-bond donors (Lipinski definition) is 1. The molecular formula is C30H32ClN3O7. The van der Waals surface area contributed by atoms with Crippen molar-refractivity contribution in [3.8, 4) is 17.2 Å². The van der Waals surface area contributed by atoms with Crippen molar-refractivity contribution in [1.29, 1.82) is 0 Å². The van der Waals surface area contributed by atoms with Crippen LogP contribution >= 0.6 is 11.6 Å². The van der Waals surface area contributed by atoms with Gasteiger partial charge in [0.25, 0.3) is 0 Å². The average molecular weight is 582 g/mol. The fraction of sp³-hybridized carbons (Fsp3) is 0.367. The fourth-order valence-electron chi connectivity index (χ4n) is 5.51. The molecule has 1 N–H and O–H groups in total. The average Bonchev–Trinajstić information content (AvgIpc) is 3.41. The molecule has 0 bridgehead atoms. The summed E-state index contributed by atoms with van der Waals surface area (Å²) >= 11 is 6.47. The molecule has 41 heavy (non-hydrogen) atoms. The molecule has 0 radical (unpaired) electrons. The zero-order chi connectivity index (χ0) is 29.1. The van der Waals surface area contributed by atoms with Gasteiger partial charge in [-0.15, -0.1) is 0 Å². The Labute approximate surface area is 243 Å². The van der Waals surface area contributed by atoms with Crippen LogP contribution in [0.5, 0.6) is 11.5 Å². The van der Waals surface area contributed by atoms with E-state index in [1.807, 2.05) is 54.7 Å². The Morgan fingerprint density at radius 2 is 1.88 bits per heavy atom. The molecule has 1 fully saturated rings. The number of ether oxygens (including phenoxy) is 3. The summed E-state index contributed by atoms with van der Waals surface area (Å²) in [7, 11) is 3.16. The van der Waals surface area contributed by atoms with Crippen molar-refractivity contribution in [3.63, 3.8) is 0 Å². The Morgan fingerprint density at radius 1 is 1.05 bits per heavy atom. The van der Waals surface area contributed by atoms with E-state index in [0.29, 0.717) is 36.0 Å². The number of aliphatic carboxylic acids is 1. The molecule has 11 heteroatoms. The Balaban J connectivity index is 1.40. The highest BCUT2D eigenvalue weighted by Gasteiger charge is 2.34. The van der Waals surface area contributed by atoms with Crippen LogP contribution in [0.15, 0.2) is 54.7 Å². The van der Waals surface area contributed by atoms with Crippen molar-refractivity contribution in [2.45, 2.75) is 31.5 Å². The van der Waals surface area contributed by atoms with Crippen LogP contribution in [0.4, 0.5) is 0 Å². The normalized spacial score (nSPS) is 18.4. The molecule has 2 aliphatic heterocycles. The molecule has 10 nitrogen and oxygen atoms in total. The molecular weight excluding hydrogens is 550 g/mol. The third kappa shape index (κ3) is 5.89. The van der Waals surface area contributed by atoms with Gasteiger partial charge in [0.15, 0.2) is 11.5 Å². The van der Waals surface area contributed by atoms with Crippen molar-refractivity contribution < 1.29 is 33.7 Å². The minimum absolute atomic E-state index is 0.0616. The highest BCUT2D eigenvalue weighted by molar-refractivity contribution is 6.30.